The molecule has 2 aromatic rings. The number of methoxy groups -OCH3 is 2. The fourth-order valence-corrected chi connectivity index (χ4v) is 2.91. The highest BCUT2D eigenvalue weighted by Gasteiger charge is 2.25. The Labute approximate surface area is 188 Å². The molecule has 0 bridgehead atoms. The molecule has 3 amide bonds. The summed E-state index contributed by atoms with van der Waals surface area (Å²) in [7, 11) is 2.99. The Morgan fingerprint density at radius 2 is 1.75 bits per heavy atom. The number of nitrogens with one attached hydrogen (secondary N) is 2. The number of anilines is 2. The standard InChI is InChI=1S/C23H30N4O5/c1-23(2,3)26-21(29)15-27(17-10-9-16(31-4)14-18(17)32-5)22(30)12-11-20(28)25-19-8-6-7-13-24-19/h6-10,13-14H,11-12,15H2,1-5H3,(H,26,29)(H,24,25,28). The average Bonchev–Trinajstić information content (AvgIpc) is 2.75. The highest BCUT2D eigenvalue weighted by molar-refractivity contribution is 6.02. The minimum Gasteiger partial charge on any atom is -0.497 e. The second-order valence-electron chi connectivity index (χ2n) is 8.08. The second-order valence-corrected chi connectivity index (χ2v) is 8.08. The van der Waals surface area contributed by atoms with Crippen molar-refractivity contribution in [1.82, 2.24) is 10.3 Å². The molecule has 1 aromatic carbocycles. The largest absolute Gasteiger partial charge is 0.497 e. The molecule has 1 aromatic heterocycles. The van der Waals surface area contributed by atoms with Gasteiger partial charge in [-0.1, -0.05) is 6.07 Å². The topological polar surface area (TPSA) is 110 Å². The molecule has 0 saturated carbocycles. The van der Waals surface area contributed by atoms with E-state index >= 15 is 0 Å². The van der Waals surface area contributed by atoms with E-state index in [0.717, 1.165) is 0 Å². The van der Waals surface area contributed by atoms with Gasteiger partial charge in [-0.15, -0.1) is 0 Å². The Morgan fingerprint density at radius 3 is 2.34 bits per heavy atom. The molecule has 2 rings (SSSR count). The first-order chi connectivity index (χ1) is 15.1. The van der Waals surface area contributed by atoms with Crippen molar-refractivity contribution in [3.8, 4) is 11.5 Å². The number of benzene rings is 1. The van der Waals surface area contributed by atoms with Crippen LogP contribution in [0.3, 0.4) is 0 Å². The van der Waals surface area contributed by atoms with Gasteiger partial charge in [0.25, 0.3) is 0 Å². The summed E-state index contributed by atoms with van der Waals surface area (Å²) in [6.07, 6.45) is 1.40. The van der Waals surface area contributed by atoms with Crippen LogP contribution in [0, 0.1) is 0 Å². The van der Waals surface area contributed by atoms with E-state index in [4.69, 9.17) is 9.47 Å². The molecule has 0 unspecified atom stereocenters. The summed E-state index contributed by atoms with van der Waals surface area (Å²) in [6.45, 7) is 5.34. The number of hydrogen-bond donors (Lipinski definition) is 2. The lowest BCUT2D eigenvalue weighted by Crippen LogP contribution is -2.47. The van der Waals surface area contributed by atoms with Crippen LogP contribution >= 0.6 is 0 Å². The molecule has 0 aliphatic carbocycles. The second kappa shape index (κ2) is 11.1. The maximum atomic E-state index is 13.1. The molecule has 2 N–H and O–H groups in total. The average molecular weight is 443 g/mol. The number of amides is 3. The fraction of sp³-hybridized carbons (Fsp3) is 0.391. The number of hydrogen-bond acceptors (Lipinski definition) is 6. The monoisotopic (exact) mass is 442 g/mol. The van der Waals surface area contributed by atoms with Crippen LogP contribution in [0.25, 0.3) is 0 Å². The number of aromatic nitrogens is 1. The Morgan fingerprint density at radius 1 is 1.00 bits per heavy atom. The molecule has 0 aliphatic heterocycles. The maximum Gasteiger partial charge on any atom is 0.240 e. The van der Waals surface area contributed by atoms with Crippen LogP contribution in [0.2, 0.25) is 0 Å². The zero-order chi connectivity index (χ0) is 23.7. The van der Waals surface area contributed by atoms with Crippen molar-refractivity contribution in [3.05, 3.63) is 42.6 Å². The number of rotatable bonds is 9. The summed E-state index contributed by atoms with van der Waals surface area (Å²) < 4.78 is 10.6. The summed E-state index contributed by atoms with van der Waals surface area (Å²) in [5, 5.41) is 5.49. The number of ether oxygens (including phenoxy) is 2. The fourth-order valence-electron chi connectivity index (χ4n) is 2.91. The molecule has 172 valence electrons. The first kappa shape index (κ1) is 24.6. The van der Waals surface area contributed by atoms with Crippen molar-refractivity contribution in [1.29, 1.82) is 0 Å². The lowest BCUT2D eigenvalue weighted by atomic mass is 10.1. The summed E-state index contributed by atoms with van der Waals surface area (Å²) in [5.74, 6) is 0.252. The molecule has 9 nitrogen and oxygen atoms in total. The molecule has 9 heteroatoms. The van der Waals surface area contributed by atoms with Gasteiger partial charge in [-0.3, -0.25) is 19.3 Å². The Hall–Kier alpha value is -3.62. The Balaban J connectivity index is 2.19. The van der Waals surface area contributed by atoms with Crippen molar-refractivity contribution >= 4 is 29.2 Å². The summed E-state index contributed by atoms with van der Waals surface area (Å²) in [6, 6.07) is 10.1. The van der Waals surface area contributed by atoms with Crippen LogP contribution in [0.4, 0.5) is 11.5 Å². The van der Waals surface area contributed by atoms with E-state index in [2.05, 4.69) is 15.6 Å². The quantitative estimate of drug-likeness (QED) is 0.618. The third kappa shape index (κ3) is 7.57. The van der Waals surface area contributed by atoms with Crippen LogP contribution in [-0.2, 0) is 14.4 Å². The van der Waals surface area contributed by atoms with E-state index < -0.39 is 11.4 Å². The zero-order valence-corrected chi connectivity index (χ0v) is 19.1. The summed E-state index contributed by atoms with van der Waals surface area (Å²) >= 11 is 0. The van der Waals surface area contributed by atoms with E-state index in [-0.39, 0.29) is 31.2 Å². The van der Waals surface area contributed by atoms with E-state index in [1.807, 2.05) is 20.8 Å². The van der Waals surface area contributed by atoms with Crippen LogP contribution < -0.4 is 25.0 Å². The Bertz CT molecular complexity index is 941. The lowest BCUT2D eigenvalue weighted by molar-refractivity contribution is -0.125. The van der Waals surface area contributed by atoms with Crippen LogP contribution in [0.1, 0.15) is 33.6 Å². The minimum atomic E-state index is -0.460. The SMILES string of the molecule is COc1ccc(N(CC(=O)NC(C)(C)C)C(=O)CCC(=O)Nc2ccccn2)c(OC)c1. The molecular weight excluding hydrogens is 412 g/mol. The molecule has 0 saturated heterocycles. The van der Waals surface area contributed by atoms with E-state index in [1.165, 1.54) is 19.1 Å². The van der Waals surface area contributed by atoms with Gasteiger partial charge in [0.05, 0.1) is 19.9 Å². The van der Waals surface area contributed by atoms with Gasteiger partial charge < -0.3 is 20.1 Å². The molecule has 0 radical (unpaired) electrons. The van der Waals surface area contributed by atoms with E-state index in [1.54, 1.807) is 42.6 Å². The predicted octanol–water partition coefficient (Wildman–Crippen LogP) is 2.77. The number of pyridine rings is 1. The van der Waals surface area contributed by atoms with Crippen LogP contribution in [-0.4, -0.2) is 49.0 Å². The number of carbonyl (C=O) groups is 3. The molecule has 1 heterocycles. The molecule has 32 heavy (non-hydrogen) atoms. The smallest absolute Gasteiger partial charge is 0.240 e. The van der Waals surface area contributed by atoms with Gasteiger partial charge in [0.1, 0.15) is 23.9 Å². The van der Waals surface area contributed by atoms with Crippen molar-refractivity contribution in [3.63, 3.8) is 0 Å². The highest BCUT2D eigenvalue weighted by atomic mass is 16.5. The summed E-state index contributed by atoms with van der Waals surface area (Å²) in [4.78, 5) is 43.3. The molecular formula is C23H30N4O5. The highest BCUT2D eigenvalue weighted by Crippen LogP contribution is 2.32. The van der Waals surface area contributed by atoms with Gasteiger partial charge in [0, 0.05) is 30.6 Å². The van der Waals surface area contributed by atoms with Gasteiger partial charge in [-0.05, 0) is 45.0 Å². The first-order valence-electron chi connectivity index (χ1n) is 10.2. The van der Waals surface area contributed by atoms with Crippen molar-refractivity contribution in [2.75, 3.05) is 31.0 Å². The Kier molecular flexibility index (Phi) is 8.57. The number of carbonyl (C=O) groups excluding carboxylic acids is 3. The maximum absolute atomic E-state index is 13.1. The predicted molar refractivity (Wildman–Crippen MR) is 122 cm³/mol. The normalized spacial score (nSPS) is 10.8. The lowest BCUT2D eigenvalue weighted by Gasteiger charge is -2.27. The van der Waals surface area contributed by atoms with E-state index in [0.29, 0.717) is 23.0 Å². The third-order valence-corrected chi connectivity index (χ3v) is 4.29. The molecule has 0 spiro atoms. The van der Waals surface area contributed by atoms with Crippen LogP contribution in [0.15, 0.2) is 42.6 Å². The van der Waals surface area contributed by atoms with Gasteiger partial charge in [0.2, 0.25) is 17.7 Å². The van der Waals surface area contributed by atoms with Crippen molar-refractivity contribution in [2.45, 2.75) is 39.2 Å². The van der Waals surface area contributed by atoms with Gasteiger partial charge in [-0.2, -0.15) is 0 Å². The first-order valence-corrected chi connectivity index (χ1v) is 10.2. The van der Waals surface area contributed by atoms with Gasteiger partial charge >= 0.3 is 0 Å². The minimum absolute atomic E-state index is 0.0642. The molecule has 0 fully saturated rings. The van der Waals surface area contributed by atoms with Crippen LogP contribution in [0.5, 0.6) is 11.5 Å². The van der Waals surface area contributed by atoms with Gasteiger partial charge in [-0.25, -0.2) is 4.98 Å². The van der Waals surface area contributed by atoms with Crippen molar-refractivity contribution in [2.24, 2.45) is 0 Å². The summed E-state index contributed by atoms with van der Waals surface area (Å²) in [5.41, 5.74) is -0.0502. The van der Waals surface area contributed by atoms with Gasteiger partial charge in [0.15, 0.2) is 0 Å². The molecule has 0 aliphatic rings. The number of nitrogens with zero attached hydrogens (tertiary/aromatic N) is 2. The zero-order valence-electron chi connectivity index (χ0n) is 19.1. The van der Waals surface area contributed by atoms with Crippen molar-refractivity contribution < 1.29 is 23.9 Å². The molecule has 0 atom stereocenters. The third-order valence-electron chi connectivity index (χ3n) is 4.29. The van der Waals surface area contributed by atoms with E-state index in [9.17, 15) is 14.4 Å².